The van der Waals surface area contributed by atoms with Crippen LogP contribution in [0.4, 0.5) is 5.69 Å². The van der Waals surface area contributed by atoms with E-state index in [9.17, 15) is 9.59 Å². The minimum Gasteiger partial charge on any atom is -0.341 e. The zero-order chi connectivity index (χ0) is 22.5. The first-order valence-corrected chi connectivity index (χ1v) is 11.1. The van der Waals surface area contributed by atoms with Gasteiger partial charge in [-0.15, -0.1) is 10.2 Å². The van der Waals surface area contributed by atoms with Crippen molar-refractivity contribution in [2.45, 2.75) is 32.2 Å². The molecule has 9 heteroatoms. The van der Waals surface area contributed by atoms with E-state index in [1.54, 1.807) is 17.0 Å². The molecule has 1 saturated heterocycles. The molecular formula is C23H25ClN6O2. The van der Waals surface area contributed by atoms with Crippen molar-refractivity contribution in [2.75, 3.05) is 18.4 Å². The molecule has 1 aromatic heterocycles. The number of carbonyl (C=O) groups excluding carboxylic acids is 2. The average Bonchev–Trinajstić information content (AvgIpc) is 3.30. The molecule has 1 aliphatic rings. The number of amides is 2. The van der Waals surface area contributed by atoms with Gasteiger partial charge in [0.1, 0.15) is 0 Å². The monoisotopic (exact) mass is 452 g/mol. The number of likely N-dealkylation sites (tertiary alicyclic amines) is 1. The minimum atomic E-state index is -0.529. The van der Waals surface area contributed by atoms with Crippen LogP contribution in [0, 0.1) is 5.92 Å². The van der Waals surface area contributed by atoms with Crippen LogP contribution >= 0.6 is 11.6 Å². The Labute approximate surface area is 191 Å². The van der Waals surface area contributed by atoms with E-state index in [0.717, 1.165) is 11.3 Å². The zero-order valence-corrected chi connectivity index (χ0v) is 18.6. The van der Waals surface area contributed by atoms with E-state index < -0.39 is 6.04 Å². The van der Waals surface area contributed by atoms with Gasteiger partial charge in [0, 0.05) is 35.3 Å². The summed E-state index contributed by atoms with van der Waals surface area (Å²) in [4.78, 5) is 28.9. The summed E-state index contributed by atoms with van der Waals surface area (Å²) in [6.45, 7) is 2.98. The number of halogens is 1. The molecule has 1 aliphatic heterocycles. The predicted octanol–water partition coefficient (Wildman–Crippen LogP) is 3.82. The van der Waals surface area contributed by atoms with E-state index in [4.69, 9.17) is 11.6 Å². The fourth-order valence-corrected chi connectivity index (χ4v) is 3.97. The van der Waals surface area contributed by atoms with Crippen LogP contribution in [0.2, 0.25) is 5.02 Å². The molecule has 2 amide bonds. The summed E-state index contributed by atoms with van der Waals surface area (Å²) in [5, 5.41) is 16.2. The van der Waals surface area contributed by atoms with Gasteiger partial charge in [0.15, 0.2) is 6.04 Å². The third-order valence-electron chi connectivity index (χ3n) is 5.70. The van der Waals surface area contributed by atoms with E-state index in [0.29, 0.717) is 43.2 Å². The molecule has 0 bridgehead atoms. The van der Waals surface area contributed by atoms with Crippen LogP contribution in [0.25, 0.3) is 11.4 Å². The highest BCUT2D eigenvalue weighted by Gasteiger charge is 2.32. The van der Waals surface area contributed by atoms with Crippen LogP contribution < -0.4 is 5.32 Å². The van der Waals surface area contributed by atoms with Gasteiger partial charge in [-0.3, -0.25) is 9.59 Å². The number of piperidine rings is 1. The van der Waals surface area contributed by atoms with Gasteiger partial charge in [-0.1, -0.05) is 36.7 Å². The van der Waals surface area contributed by atoms with E-state index in [1.807, 2.05) is 49.4 Å². The first kappa shape index (κ1) is 22.0. The van der Waals surface area contributed by atoms with E-state index in [1.165, 1.54) is 4.80 Å². The Morgan fingerprint density at radius 2 is 1.78 bits per heavy atom. The SMILES string of the molecule is CCC(C(=O)N1CCC(C(=O)Nc2ccccc2)CC1)n1nnc(-c2ccc(Cl)cc2)n1. The number of rotatable bonds is 6. The topological polar surface area (TPSA) is 93.0 Å². The first-order chi connectivity index (χ1) is 15.5. The lowest BCUT2D eigenvalue weighted by molar-refractivity contribution is -0.138. The van der Waals surface area contributed by atoms with Gasteiger partial charge in [-0.25, -0.2) is 0 Å². The van der Waals surface area contributed by atoms with Crippen molar-refractivity contribution in [3.8, 4) is 11.4 Å². The van der Waals surface area contributed by atoms with Crippen LogP contribution in [-0.2, 0) is 9.59 Å². The molecular weight excluding hydrogens is 428 g/mol. The highest BCUT2D eigenvalue weighted by Crippen LogP contribution is 2.24. The predicted molar refractivity (Wildman–Crippen MR) is 122 cm³/mol. The van der Waals surface area contributed by atoms with Crippen molar-refractivity contribution < 1.29 is 9.59 Å². The molecule has 3 aromatic rings. The van der Waals surface area contributed by atoms with Gasteiger partial charge < -0.3 is 10.2 Å². The molecule has 1 fully saturated rings. The summed E-state index contributed by atoms with van der Waals surface area (Å²) in [5.74, 6) is 0.292. The number of aromatic nitrogens is 4. The third-order valence-corrected chi connectivity index (χ3v) is 5.95. The largest absolute Gasteiger partial charge is 0.341 e. The van der Waals surface area contributed by atoms with Gasteiger partial charge >= 0.3 is 0 Å². The maximum Gasteiger partial charge on any atom is 0.249 e. The maximum atomic E-state index is 13.2. The number of para-hydroxylation sites is 1. The number of tetrazole rings is 1. The van der Waals surface area contributed by atoms with Crippen molar-refractivity contribution in [3.05, 3.63) is 59.6 Å². The van der Waals surface area contributed by atoms with Crippen LogP contribution in [0.3, 0.4) is 0 Å². The molecule has 1 atom stereocenters. The van der Waals surface area contributed by atoms with Crippen molar-refractivity contribution in [1.29, 1.82) is 0 Å². The van der Waals surface area contributed by atoms with Crippen molar-refractivity contribution in [1.82, 2.24) is 25.1 Å². The van der Waals surface area contributed by atoms with Gasteiger partial charge in [-0.05, 0) is 60.9 Å². The molecule has 8 nitrogen and oxygen atoms in total. The summed E-state index contributed by atoms with van der Waals surface area (Å²) in [5.41, 5.74) is 1.57. The lowest BCUT2D eigenvalue weighted by Crippen LogP contribution is -2.44. The fourth-order valence-electron chi connectivity index (χ4n) is 3.85. The zero-order valence-electron chi connectivity index (χ0n) is 17.8. The van der Waals surface area contributed by atoms with Crippen LogP contribution in [0.15, 0.2) is 54.6 Å². The van der Waals surface area contributed by atoms with Gasteiger partial charge in [-0.2, -0.15) is 4.80 Å². The maximum absolute atomic E-state index is 13.2. The van der Waals surface area contributed by atoms with E-state index >= 15 is 0 Å². The summed E-state index contributed by atoms with van der Waals surface area (Å²) >= 11 is 5.94. The second-order valence-electron chi connectivity index (χ2n) is 7.82. The van der Waals surface area contributed by atoms with E-state index in [2.05, 4.69) is 20.7 Å². The summed E-state index contributed by atoms with van der Waals surface area (Å²) in [6, 6.07) is 16.0. The number of nitrogens with zero attached hydrogens (tertiary/aromatic N) is 5. The second-order valence-corrected chi connectivity index (χ2v) is 8.26. The molecule has 32 heavy (non-hydrogen) atoms. The normalized spacial score (nSPS) is 15.4. The Kier molecular flexibility index (Phi) is 6.80. The molecule has 2 aromatic carbocycles. The van der Waals surface area contributed by atoms with Crippen LogP contribution in [0.5, 0.6) is 0 Å². The first-order valence-electron chi connectivity index (χ1n) is 10.7. The summed E-state index contributed by atoms with van der Waals surface area (Å²) < 4.78 is 0. The molecule has 2 heterocycles. The summed E-state index contributed by atoms with van der Waals surface area (Å²) in [6.07, 6.45) is 1.80. The number of hydrogen-bond acceptors (Lipinski definition) is 5. The number of benzene rings is 2. The number of hydrogen-bond donors (Lipinski definition) is 1. The van der Waals surface area contributed by atoms with Gasteiger partial charge in [0.2, 0.25) is 17.6 Å². The highest BCUT2D eigenvalue weighted by atomic mass is 35.5. The third kappa shape index (κ3) is 4.96. The lowest BCUT2D eigenvalue weighted by atomic mass is 9.95. The summed E-state index contributed by atoms with van der Waals surface area (Å²) in [7, 11) is 0. The quantitative estimate of drug-likeness (QED) is 0.613. The standard InChI is InChI=1S/C23H25ClN6O2/c1-2-20(30-27-21(26-28-30)16-8-10-18(24)11-9-16)23(32)29-14-12-17(13-15-29)22(31)25-19-6-4-3-5-7-19/h3-11,17,20H,2,12-15H2,1H3,(H,25,31). The molecule has 1 unspecified atom stereocenters. The number of anilines is 1. The average molecular weight is 453 g/mol. The molecule has 0 spiro atoms. The van der Waals surface area contributed by atoms with E-state index in [-0.39, 0.29) is 17.7 Å². The minimum absolute atomic E-state index is 0.000824. The molecule has 0 aliphatic carbocycles. The number of carbonyl (C=O) groups is 2. The number of nitrogens with one attached hydrogen (secondary N) is 1. The Balaban J connectivity index is 1.36. The smallest absolute Gasteiger partial charge is 0.249 e. The highest BCUT2D eigenvalue weighted by molar-refractivity contribution is 6.30. The molecule has 0 saturated carbocycles. The van der Waals surface area contributed by atoms with Crippen molar-refractivity contribution in [3.63, 3.8) is 0 Å². The lowest BCUT2D eigenvalue weighted by Gasteiger charge is -2.33. The Bertz CT molecular complexity index is 1060. The van der Waals surface area contributed by atoms with Crippen molar-refractivity contribution in [2.24, 2.45) is 5.92 Å². The van der Waals surface area contributed by atoms with Gasteiger partial charge in [0.25, 0.3) is 0 Å². The second kappa shape index (κ2) is 9.91. The Morgan fingerprint density at radius 3 is 2.44 bits per heavy atom. The Morgan fingerprint density at radius 1 is 1.09 bits per heavy atom. The Hall–Kier alpha value is -3.26. The molecule has 1 N–H and O–H groups in total. The van der Waals surface area contributed by atoms with Gasteiger partial charge in [0.05, 0.1) is 0 Å². The fraction of sp³-hybridized carbons (Fsp3) is 0.348. The molecule has 4 rings (SSSR count). The molecule has 0 radical (unpaired) electrons. The molecule has 166 valence electrons. The van der Waals surface area contributed by atoms with Crippen LogP contribution in [0.1, 0.15) is 32.2 Å². The van der Waals surface area contributed by atoms with Crippen LogP contribution in [-0.4, -0.2) is 50.0 Å². The van der Waals surface area contributed by atoms with Crippen molar-refractivity contribution >= 4 is 29.1 Å².